The first kappa shape index (κ1) is 18.2. The van der Waals surface area contributed by atoms with E-state index >= 15 is 0 Å². The largest absolute Gasteiger partial charge is 0.497 e. The molecule has 0 radical (unpaired) electrons. The second-order valence-electron chi connectivity index (χ2n) is 5.59. The van der Waals surface area contributed by atoms with Gasteiger partial charge in [0.05, 0.1) is 31.8 Å². The summed E-state index contributed by atoms with van der Waals surface area (Å²) in [5.74, 6) is 1.00. The molecule has 1 amide bonds. The molecule has 0 aliphatic rings. The van der Waals surface area contributed by atoms with Crippen molar-refractivity contribution < 1.29 is 18.7 Å². The maximum absolute atomic E-state index is 13.2. The van der Waals surface area contributed by atoms with Crippen molar-refractivity contribution in [2.45, 2.75) is 0 Å². The molecule has 1 aromatic heterocycles. The number of amides is 1. The van der Waals surface area contributed by atoms with Gasteiger partial charge >= 0.3 is 0 Å². The van der Waals surface area contributed by atoms with Crippen molar-refractivity contribution in [1.29, 1.82) is 0 Å². The van der Waals surface area contributed by atoms with Crippen molar-refractivity contribution in [2.24, 2.45) is 0 Å². The molecule has 6 nitrogen and oxygen atoms in total. The number of ether oxygens (including phenoxy) is 2. The summed E-state index contributed by atoms with van der Waals surface area (Å²) in [6, 6.07) is 14.3. The summed E-state index contributed by atoms with van der Waals surface area (Å²) in [6.45, 7) is 0. The van der Waals surface area contributed by atoms with Gasteiger partial charge in [0.25, 0.3) is 5.91 Å². The third kappa shape index (κ3) is 4.52. The van der Waals surface area contributed by atoms with Gasteiger partial charge in [0, 0.05) is 11.6 Å². The number of nitrogens with one attached hydrogen (secondary N) is 2. The zero-order chi connectivity index (χ0) is 19.2. The molecule has 0 fully saturated rings. The Morgan fingerprint density at radius 2 is 1.89 bits per heavy atom. The Bertz CT molecular complexity index is 945. The number of benzene rings is 2. The van der Waals surface area contributed by atoms with E-state index in [9.17, 15) is 9.18 Å². The quantitative estimate of drug-likeness (QED) is 0.682. The minimum absolute atomic E-state index is 0.235. The Hall–Kier alpha value is -3.61. The summed E-state index contributed by atoms with van der Waals surface area (Å²) in [7, 11) is 3.16. The number of aromatic nitrogens is 1. The summed E-state index contributed by atoms with van der Waals surface area (Å²) in [5.41, 5.74) is 1.42. The Morgan fingerprint density at radius 3 is 2.56 bits per heavy atom. The van der Waals surface area contributed by atoms with Gasteiger partial charge in [-0.3, -0.25) is 4.79 Å². The van der Waals surface area contributed by atoms with Gasteiger partial charge in [0.15, 0.2) is 0 Å². The number of hydrogen-bond donors (Lipinski definition) is 2. The highest BCUT2D eigenvalue weighted by atomic mass is 19.1. The molecule has 2 aromatic carbocycles. The summed E-state index contributed by atoms with van der Waals surface area (Å²) >= 11 is 0. The van der Waals surface area contributed by atoms with Gasteiger partial charge in [0.2, 0.25) is 0 Å². The van der Waals surface area contributed by atoms with E-state index in [2.05, 4.69) is 15.6 Å². The fourth-order valence-electron chi connectivity index (χ4n) is 2.42. The fraction of sp³-hybridized carbons (Fsp3) is 0.100. The molecule has 27 heavy (non-hydrogen) atoms. The first-order valence-corrected chi connectivity index (χ1v) is 8.11. The molecular formula is C20H18FN3O3. The van der Waals surface area contributed by atoms with Crippen molar-refractivity contribution in [2.75, 3.05) is 24.9 Å². The molecule has 3 rings (SSSR count). The normalized spacial score (nSPS) is 10.2. The van der Waals surface area contributed by atoms with Crippen LogP contribution in [0.1, 0.15) is 10.4 Å². The Kier molecular flexibility index (Phi) is 5.51. The molecule has 0 aliphatic heterocycles. The summed E-state index contributed by atoms with van der Waals surface area (Å²) in [6.07, 6.45) is 1.51. The van der Waals surface area contributed by atoms with Crippen LogP contribution >= 0.6 is 0 Å². The average molecular weight is 367 g/mol. The molecule has 7 heteroatoms. The van der Waals surface area contributed by atoms with Crippen LogP contribution in [0, 0.1) is 5.82 Å². The van der Waals surface area contributed by atoms with Crippen LogP contribution in [-0.2, 0) is 0 Å². The average Bonchev–Trinajstić information content (AvgIpc) is 2.69. The lowest BCUT2D eigenvalue weighted by molar-refractivity contribution is 0.102. The molecule has 0 saturated carbocycles. The van der Waals surface area contributed by atoms with Crippen molar-refractivity contribution >= 4 is 23.1 Å². The van der Waals surface area contributed by atoms with Crippen LogP contribution in [0.25, 0.3) is 0 Å². The van der Waals surface area contributed by atoms with Gasteiger partial charge in [-0.25, -0.2) is 9.37 Å². The summed E-state index contributed by atoms with van der Waals surface area (Å²) in [4.78, 5) is 16.4. The van der Waals surface area contributed by atoms with E-state index in [1.165, 1.54) is 30.5 Å². The minimum Gasteiger partial charge on any atom is -0.497 e. The predicted octanol–water partition coefficient (Wildman–Crippen LogP) is 4.23. The van der Waals surface area contributed by atoms with Gasteiger partial charge < -0.3 is 20.1 Å². The number of halogens is 1. The van der Waals surface area contributed by atoms with E-state index in [-0.39, 0.29) is 5.56 Å². The first-order chi connectivity index (χ1) is 13.1. The van der Waals surface area contributed by atoms with Crippen LogP contribution in [0.4, 0.5) is 21.6 Å². The number of carbonyl (C=O) groups is 1. The van der Waals surface area contributed by atoms with Crippen LogP contribution in [0.3, 0.4) is 0 Å². The van der Waals surface area contributed by atoms with Gasteiger partial charge in [-0.2, -0.15) is 0 Å². The van der Waals surface area contributed by atoms with Gasteiger partial charge in [-0.1, -0.05) is 6.07 Å². The van der Waals surface area contributed by atoms with Crippen LogP contribution in [-0.4, -0.2) is 25.1 Å². The highest BCUT2D eigenvalue weighted by Crippen LogP contribution is 2.31. The monoisotopic (exact) mass is 367 g/mol. The van der Waals surface area contributed by atoms with E-state index in [1.54, 1.807) is 44.6 Å². The second-order valence-corrected chi connectivity index (χ2v) is 5.59. The number of hydrogen-bond acceptors (Lipinski definition) is 5. The number of carbonyl (C=O) groups excluding carboxylic acids is 1. The van der Waals surface area contributed by atoms with Crippen LogP contribution in [0.15, 0.2) is 60.8 Å². The molecule has 0 bridgehead atoms. The predicted molar refractivity (Wildman–Crippen MR) is 101 cm³/mol. The molecule has 3 aromatic rings. The highest BCUT2D eigenvalue weighted by molar-refractivity contribution is 6.04. The van der Waals surface area contributed by atoms with Gasteiger partial charge in [-0.05, 0) is 42.5 Å². The third-order valence-electron chi connectivity index (χ3n) is 3.78. The fourth-order valence-corrected chi connectivity index (χ4v) is 2.42. The van der Waals surface area contributed by atoms with E-state index in [1.807, 2.05) is 0 Å². The topological polar surface area (TPSA) is 72.5 Å². The molecule has 1 heterocycles. The zero-order valence-electron chi connectivity index (χ0n) is 14.8. The van der Waals surface area contributed by atoms with E-state index in [0.717, 1.165) is 0 Å². The molecule has 0 aliphatic carbocycles. The molecule has 138 valence electrons. The maximum Gasteiger partial charge on any atom is 0.255 e. The number of rotatable bonds is 6. The first-order valence-electron chi connectivity index (χ1n) is 8.11. The van der Waals surface area contributed by atoms with E-state index < -0.39 is 11.7 Å². The third-order valence-corrected chi connectivity index (χ3v) is 3.78. The molecule has 0 unspecified atom stereocenters. The standard InChI is InChI=1S/C20H18FN3O3/c1-26-16-7-8-18(27-2)17(11-16)24-19-9-6-15(12-22-19)23-20(25)13-4-3-5-14(21)10-13/h3-12H,1-2H3,(H,22,24)(H,23,25). The number of pyridine rings is 1. The molecule has 2 N–H and O–H groups in total. The van der Waals surface area contributed by atoms with Crippen molar-refractivity contribution in [3.63, 3.8) is 0 Å². The van der Waals surface area contributed by atoms with Gasteiger partial charge in [0.1, 0.15) is 23.1 Å². The highest BCUT2D eigenvalue weighted by Gasteiger charge is 2.09. The van der Waals surface area contributed by atoms with Crippen LogP contribution in [0.5, 0.6) is 11.5 Å². The second kappa shape index (κ2) is 8.18. The molecular weight excluding hydrogens is 349 g/mol. The molecule has 0 saturated heterocycles. The van der Waals surface area contributed by atoms with E-state index in [0.29, 0.717) is 28.7 Å². The maximum atomic E-state index is 13.2. The zero-order valence-corrected chi connectivity index (χ0v) is 14.8. The van der Waals surface area contributed by atoms with Crippen LogP contribution < -0.4 is 20.1 Å². The summed E-state index contributed by atoms with van der Waals surface area (Å²) in [5, 5.41) is 5.82. The smallest absolute Gasteiger partial charge is 0.255 e. The van der Waals surface area contributed by atoms with Crippen LogP contribution in [0.2, 0.25) is 0 Å². The van der Waals surface area contributed by atoms with Crippen molar-refractivity contribution in [3.8, 4) is 11.5 Å². The Labute approximate surface area is 156 Å². The van der Waals surface area contributed by atoms with E-state index in [4.69, 9.17) is 9.47 Å². The number of methoxy groups -OCH3 is 2. The van der Waals surface area contributed by atoms with Crippen molar-refractivity contribution in [1.82, 2.24) is 4.98 Å². The molecule has 0 atom stereocenters. The minimum atomic E-state index is -0.465. The lowest BCUT2D eigenvalue weighted by atomic mass is 10.2. The SMILES string of the molecule is COc1ccc(OC)c(Nc2ccc(NC(=O)c3cccc(F)c3)cn2)c1. The lowest BCUT2D eigenvalue weighted by Gasteiger charge is -2.12. The number of nitrogens with zero attached hydrogens (tertiary/aromatic N) is 1. The lowest BCUT2D eigenvalue weighted by Crippen LogP contribution is -2.12. The Morgan fingerprint density at radius 1 is 1.04 bits per heavy atom. The molecule has 0 spiro atoms. The Balaban J connectivity index is 1.71. The van der Waals surface area contributed by atoms with Gasteiger partial charge in [-0.15, -0.1) is 0 Å². The summed E-state index contributed by atoms with van der Waals surface area (Å²) < 4.78 is 23.8. The van der Waals surface area contributed by atoms with Crippen molar-refractivity contribution in [3.05, 3.63) is 72.2 Å². The number of anilines is 3.